The smallest absolute Gasteiger partial charge is 0.0976 e. The molecule has 1 N–H and O–H groups in total. The Hall–Kier alpha value is -0.610. The lowest BCUT2D eigenvalue weighted by Gasteiger charge is -2.20. The van der Waals surface area contributed by atoms with Gasteiger partial charge in [-0.25, -0.2) is 4.98 Å². The second-order valence-corrected chi connectivity index (χ2v) is 6.96. The molecule has 1 unspecified atom stereocenters. The zero-order valence-corrected chi connectivity index (χ0v) is 13.6. The molecule has 0 saturated heterocycles. The summed E-state index contributed by atoms with van der Waals surface area (Å²) in [7, 11) is 2.02. The van der Waals surface area contributed by atoms with E-state index in [9.17, 15) is 0 Å². The Kier molecular flexibility index (Phi) is 4.32. The van der Waals surface area contributed by atoms with Gasteiger partial charge in [-0.1, -0.05) is 29.3 Å². The van der Waals surface area contributed by atoms with E-state index in [4.69, 9.17) is 28.2 Å². The van der Waals surface area contributed by atoms with E-state index in [1.807, 2.05) is 25.2 Å². The highest BCUT2D eigenvalue weighted by atomic mass is 35.5. The van der Waals surface area contributed by atoms with Crippen molar-refractivity contribution in [3.63, 3.8) is 0 Å². The predicted octanol–water partition coefficient (Wildman–Crippen LogP) is 4.64. The minimum Gasteiger partial charge on any atom is -0.312 e. The Labute approximate surface area is 133 Å². The van der Waals surface area contributed by atoms with Crippen LogP contribution in [0.4, 0.5) is 0 Å². The molecule has 2 nitrogen and oxygen atoms in total. The second-order valence-electron chi connectivity index (χ2n) is 5.03. The molecule has 1 aliphatic carbocycles. The Bertz CT molecular complexity index is 604. The van der Waals surface area contributed by atoms with Gasteiger partial charge in [-0.3, -0.25) is 0 Å². The number of thiazole rings is 1. The maximum atomic E-state index is 6.24. The monoisotopic (exact) mass is 326 g/mol. The van der Waals surface area contributed by atoms with E-state index in [1.54, 1.807) is 11.3 Å². The summed E-state index contributed by atoms with van der Waals surface area (Å²) in [5.74, 6) is 0. The topological polar surface area (TPSA) is 24.9 Å². The molecule has 1 aromatic carbocycles. The van der Waals surface area contributed by atoms with Crippen LogP contribution in [0, 0.1) is 0 Å². The standard InChI is InChI=1S/C15H16Cl2N2S/c1-18-12-6-3-7-13-15(12)20-14(19-13)8-9-10(16)4-2-5-11(9)17/h2,4-5,12,18H,3,6-8H2,1H3. The van der Waals surface area contributed by atoms with E-state index in [0.717, 1.165) is 27.0 Å². The molecular formula is C15H16Cl2N2S. The van der Waals surface area contributed by atoms with Crippen LogP contribution in [-0.2, 0) is 12.8 Å². The predicted molar refractivity (Wildman–Crippen MR) is 86.1 cm³/mol. The van der Waals surface area contributed by atoms with Crippen molar-refractivity contribution in [1.29, 1.82) is 0 Å². The molecule has 1 heterocycles. The highest BCUT2D eigenvalue weighted by Crippen LogP contribution is 2.36. The zero-order valence-electron chi connectivity index (χ0n) is 11.2. The normalized spacial score (nSPS) is 18.1. The molecule has 0 spiro atoms. The van der Waals surface area contributed by atoms with Gasteiger partial charge in [0.25, 0.3) is 0 Å². The molecule has 2 aromatic rings. The molecule has 0 aliphatic heterocycles. The molecular weight excluding hydrogens is 311 g/mol. The molecule has 106 valence electrons. The Balaban J connectivity index is 1.91. The van der Waals surface area contributed by atoms with Crippen molar-refractivity contribution in [1.82, 2.24) is 10.3 Å². The van der Waals surface area contributed by atoms with E-state index in [1.165, 1.54) is 23.4 Å². The summed E-state index contributed by atoms with van der Waals surface area (Å²) < 4.78 is 0. The molecule has 0 radical (unpaired) electrons. The Morgan fingerprint density at radius 3 is 2.80 bits per heavy atom. The molecule has 0 fully saturated rings. The molecule has 0 bridgehead atoms. The molecule has 1 aromatic heterocycles. The van der Waals surface area contributed by atoms with Crippen molar-refractivity contribution >= 4 is 34.5 Å². The fourth-order valence-electron chi connectivity index (χ4n) is 2.67. The number of hydrogen-bond acceptors (Lipinski definition) is 3. The van der Waals surface area contributed by atoms with E-state index in [-0.39, 0.29) is 0 Å². The van der Waals surface area contributed by atoms with Crippen molar-refractivity contribution in [3.8, 4) is 0 Å². The van der Waals surface area contributed by atoms with Gasteiger partial charge in [-0.15, -0.1) is 11.3 Å². The van der Waals surface area contributed by atoms with Gasteiger partial charge in [-0.05, 0) is 44.0 Å². The van der Waals surface area contributed by atoms with Crippen molar-refractivity contribution in [3.05, 3.63) is 49.4 Å². The highest BCUT2D eigenvalue weighted by Gasteiger charge is 2.23. The van der Waals surface area contributed by atoms with Crippen LogP contribution in [-0.4, -0.2) is 12.0 Å². The maximum Gasteiger partial charge on any atom is 0.0976 e. The summed E-state index contributed by atoms with van der Waals surface area (Å²) in [5.41, 5.74) is 2.22. The second kappa shape index (κ2) is 6.02. The van der Waals surface area contributed by atoms with E-state index >= 15 is 0 Å². The van der Waals surface area contributed by atoms with Gasteiger partial charge in [0.2, 0.25) is 0 Å². The summed E-state index contributed by atoms with van der Waals surface area (Å²) in [6.45, 7) is 0. The van der Waals surface area contributed by atoms with Crippen molar-refractivity contribution < 1.29 is 0 Å². The average molecular weight is 327 g/mol. The minimum absolute atomic E-state index is 0.451. The van der Waals surface area contributed by atoms with E-state index in [2.05, 4.69) is 5.32 Å². The van der Waals surface area contributed by atoms with Crippen LogP contribution in [0.3, 0.4) is 0 Å². The molecule has 0 saturated carbocycles. The Morgan fingerprint density at radius 2 is 2.10 bits per heavy atom. The molecule has 3 rings (SSSR count). The first kappa shape index (κ1) is 14.3. The first-order chi connectivity index (χ1) is 9.69. The number of nitrogens with one attached hydrogen (secondary N) is 1. The molecule has 1 atom stereocenters. The number of benzene rings is 1. The number of aryl methyl sites for hydroxylation is 1. The van der Waals surface area contributed by atoms with Gasteiger partial charge in [0.1, 0.15) is 0 Å². The molecule has 1 aliphatic rings. The third-order valence-corrected chi connectivity index (χ3v) is 5.65. The Morgan fingerprint density at radius 1 is 1.35 bits per heavy atom. The van der Waals surface area contributed by atoms with Crippen LogP contribution in [0.1, 0.15) is 40.0 Å². The molecule has 20 heavy (non-hydrogen) atoms. The van der Waals surface area contributed by atoms with Crippen LogP contribution >= 0.6 is 34.5 Å². The van der Waals surface area contributed by atoms with Crippen molar-refractivity contribution in [2.45, 2.75) is 31.7 Å². The van der Waals surface area contributed by atoms with Gasteiger partial charge in [0.15, 0.2) is 0 Å². The fourth-order valence-corrected chi connectivity index (χ4v) is 4.47. The van der Waals surface area contributed by atoms with Crippen LogP contribution in [0.25, 0.3) is 0 Å². The lowest BCUT2D eigenvalue weighted by molar-refractivity contribution is 0.501. The molecule has 5 heteroatoms. The van der Waals surface area contributed by atoms with E-state index < -0.39 is 0 Å². The van der Waals surface area contributed by atoms with Crippen LogP contribution in [0.2, 0.25) is 10.0 Å². The van der Waals surface area contributed by atoms with Crippen molar-refractivity contribution in [2.75, 3.05) is 7.05 Å². The SMILES string of the molecule is CNC1CCCc2nc(Cc3c(Cl)cccc3Cl)sc21. The number of hydrogen-bond donors (Lipinski definition) is 1. The van der Waals surface area contributed by atoms with E-state index in [0.29, 0.717) is 12.5 Å². The van der Waals surface area contributed by atoms with Crippen molar-refractivity contribution in [2.24, 2.45) is 0 Å². The third kappa shape index (κ3) is 2.73. The quantitative estimate of drug-likeness (QED) is 0.888. The van der Waals surface area contributed by atoms with Gasteiger partial charge in [-0.2, -0.15) is 0 Å². The number of aromatic nitrogens is 1. The molecule has 0 amide bonds. The number of rotatable bonds is 3. The number of fused-ring (bicyclic) bond motifs is 1. The van der Waals surface area contributed by atoms with Gasteiger partial charge in [0.05, 0.1) is 10.7 Å². The highest BCUT2D eigenvalue weighted by molar-refractivity contribution is 7.11. The first-order valence-electron chi connectivity index (χ1n) is 6.77. The average Bonchev–Trinajstić information content (AvgIpc) is 2.85. The van der Waals surface area contributed by atoms with Gasteiger partial charge >= 0.3 is 0 Å². The van der Waals surface area contributed by atoms with Crippen LogP contribution in [0.5, 0.6) is 0 Å². The van der Waals surface area contributed by atoms with Gasteiger partial charge in [0, 0.05) is 27.4 Å². The summed E-state index contributed by atoms with van der Waals surface area (Å²) in [4.78, 5) is 6.17. The maximum absolute atomic E-state index is 6.24. The lowest BCUT2D eigenvalue weighted by Crippen LogP contribution is -2.19. The largest absolute Gasteiger partial charge is 0.312 e. The zero-order chi connectivity index (χ0) is 14.1. The summed E-state index contributed by atoms with van der Waals surface area (Å²) in [6, 6.07) is 6.09. The summed E-state index contributed by atoms with van der Waals surface area (Å²) in [6.07, 6.45) is 4.19. The van der Waals surface area contributed by atoms with Gasteiger partial charge < -0.3 is 5.32 Å². The number of halogens is 2. The van der Waals surface area contributed by atoms with Crippen LogP contribution < -0.4 is 5.32 Å². The van der Waals surface area contributed by atoms with Crippen LogP contribution in [0.15, 0.2) is 18.2 Å². The lowest BCUT2D eigenvalue weighted by atomic mass is 9.98. The third-order valence-electron chi connectivity index (χ3n) is 3.73. The summed E-state index contributed by atoms with van der Waals surface area (Å²) in [5, 5.41) is 5.92. The fraction of sp³-hybridized carbons (Fsp3) is 0.400. The summed E-state index contributed by atoms with van der Waals surface area (Å²) >= 11 is 14.3. The minimum atomic E-state index is 0.451. The first-order valence-corrected chi connectivity index (χ1v) is 8.35. The number of nitrogens with zero attached hydrogens (tertiary/aromatic N) is 1.